The van der Waals surface area contributed by atoms with E-state index in [2.05, 4.69) is 23.3 Å². The van der Waals surface area contributed by atoms with Gasteiger partial charge in [0, 0.05) is 12.6 Å². The summed E-state index contributed by atoms with van der Waals surface area (Å²) in [7, 11) is 2.09. The van der Waals surface area contributed by atoms with Crippen molar-refractivity contribution in [2.45, 2.75) is 18.9 Å². The predicted molar refractivity (Wildman–Crippen MR) is 44.1 cm³/mol. The number of nitrogens with zero attached hydrogens (tertiary/aromatic N) is 2. The maximum atomic E-state index is 8.52. The third kappa shape index (κ3) is 2.49. The number of nitriles is 1. The van der Waals surface area contributed by atoms with Crippen molar-refractivity contribution in [2.24, 2.45) is 0 Å². The van der Waals surface area contributed by atoms with Crippen molar-refractivity contribution in [3.8, 4) is 6.07 Å². The Morgan fingerprint density at radius 1 is 1.73 bits per heavy atom. The Morgan fingerprint density at radius 2 is 2.55 bits per heavy atom. The molecule has 0 aromatic rings. The number of nitrogens with one attached hydrogen (secondary N) is 1. The molecule has 0 bridgehead atoms. The lowest BCUT2D eigenvalue weighted by Crippen LogP contribution is -2.36. The fraction of sp³-hybridized carbons (Fsp3) is 0.875. The van der Waals surface area contributed by atoms with Crippen LogP contribution in [0.2, 0.25) is 0 Å². The Bertz CT molecular complexity index is 150. The third-order valence-electron chi connectivity index (χ3n) is 2.19. The molecule has 1 aliphatic heterocycles. The fourth-order valence-electron chi connectivity index (χ4n) is 1.39. The standard InChI is InChI=1S/C8H15N3/c1-11-6-2-5-10-7-8(11)3-4-9/h8,10H,2-3,5-7H2,1H3. The minimum absolute atomic E-state index is 0.419. The van der Waals surface area contributed by atoms with Gasteiger partial charge in [0.15, 0.2) is 0 Å². The van der Waals surface area contributed by atoms with E-state index in [4.69, 9.17) is 5.26 Å². The smallest absolute Gasteiger partial charge is 0.0638 e. The summed E-state index contributed by atoms with van der Waals surface area (Å²) >= 11 is 0. The average Bonchev–Trinajstić information content (AvgIpc) is 2.18. The number of hydrogen-bond donors (Lipinski definition) is 1. The quantitative estimate of drug-likeness (QED) is 0.584. The molecule has 1 unspecified atom stereocenters. The van der Waals surface area contributed by atoms with E-state index in [1.165, 1.54) is 6.42 Å². The van der Waals surface area contributed by atoms with Crippen LogP contribution >= 0.6 is 0 Å². The Labute approximate surface area is 68.0 Å². The second-order valence-electron chi connectivity index (χ2n) is 3.05. The number of rotatable bonds is 1. The van der Waals surface area contributed by atoms with Crippen LogP contribution < -0.4 is 5.32 Å². The number of hydrogen-bond acceptors (Lipinski definition) is 3. The van der Waals surface area contributed by atoms with E-state index >= 15 is 0 Å². The van der Waals surface area contributed by atoms with Crippen molar-refractivity contribution in [1.29, 1.82) is 5.26 Å². The lowest BCUT2D eigenvalue weighted by Gasteiger charge is -2.22. The van der Waals surface area contributed by atoms with E-state index in [-0.39, 0.29) is 0 Å². The monoisotopic (exact) mass is 153 g/mol. The van der Waals surface area contributed by atoms with E-state index < -0.39 is 0 Å². The van der Waals surface area contributed by atoms with Crippen LogP contribution in [0, 0.1) is 11.3 Å². The van der Waals surface area contributed by atoms with E-state index in [1.54, 1.807) is 0 Å². The Hall–Kier alpha value is -0.590. The first-order valence-electron chi connectivity index (χ1n) is 4.12. The van der Waals surface area contributed by atoms with E-state index in [0.29, 0.717) is 12.5 Å². The molecule has 0 saturated carbocycles. The average molecular weight is 153 g/mol. The molecule has 0 amide bonds. The lowest BCUT2D eigenvalue weighted by molar-refractivity contribution is 0.261. The lowest BCUT2D eigenvalue weighted by atomic mass is 10.2. The zero-order valence-electron chi connectivity index (χ0n) is 7.01. The first-order valence-corrected chi connectivity index (χ1v) is 4.12. The Morgan fingerprint density at radius 3 is 3.27 bits per heavy atom. The molecule has 0 spiro atoms. The van der Waals surface area contributed by atoms with Gasteiger partial charge >= 0.3 is 0 Å². The van der Waals surface area contributed by atoms with E-state index in [9.17, 15) is 0 Å². The SMILES string of the molecule is CN1CCCNCC1CC#N. The molecule has 1 atom stereocenters. The van der Waals surface area contributed by atoms with Crippen LogP contribution in [0.5, 0.6) is 0 Å². The summed E-state index contributed by atoms with van der Waals surface area (Å²) in [6.45, 7) is 3.16. The van der Waals surface area contributed by atoms with Gasteiger partial charge in [-0.3, -0.25) is 0 Å². The first kappa shape index (κ1) is 8.51. The molecule has 0 aromatic heterocycles. The van der Waals surface area contributed by atoms with Crippen molar-refractivity contribution in [2.75, 3.05) is 26.7 Å². The van der Waals surface area contributed by atoms with Gasteiger partial charge in [-0.05, 0) is 26.6 Å². The molecule has 3 nitrogen and oxygen atoms in total. The molecule has 1 saturated heterocycles. The molecule has 1 N–H and O–H groups in total. The molecular formula is C8H15N3. The predicted octanol–water partition coefficient (Wildman–Crippen LogP) is 0.194. The summed E-state index contributed by atoms with van der Waals surface area (Å²) in [6, 6.07) is 2.63. The topological polar surface area (TPSA) is 39.1 Å². The van der Waals surface area contributed by atoms with Crippen molar-refractivity contribution in [1.82, 2.24) is 10.2 Å². The summed E-state index contributed by atoms with van der Waals surface area (Å²) in [5.41, 5.74) is 0. The third-order valence-corrected chi connectivity index (χ3v) is 2.19. The van der Waals surface area contributed by atoms with Crippen LogP contribution in [0.15, 0.2) is 0 Å². The summed E-state index contributed by atoms with van der Waals surface area (Å²) in [5, 5.41) is 11.8. The van der Waals surface area contributed by atoms with Crippen molar-refractivity contribution in [3.05, 3.63) is 0 Å². The van der Waals surface area contributed by atoms with Crippen LogP contribution in [0.25, 0.3) is 0 Å². The fourth-order valence-corrected chi connectivity index (χ4v) is 1.39. The van der Waals surface area contributed by atoms with Crippen molar-refractivity contribution < 1.29 is 0 Å². The van der Waals surface area contributed by atoms with Gasteiger partial charge in [-0.1, -0.05) is 0 Å². The Kier molecular flexibility index (Phi) is 3.34. The molecule has 62 valence electrons. The molecule has 0 radical (unpaired) electrons. The molecule has 0 aromatic carbocycles. The van der Waals surface area contributed by atoms with E-state index in [1.807, 2.05) is 0 Å². The highest BCUT2D eigenvalue weighted by molar-refractivity contribution is 4.84. The first-order chi connectivity index (χ1) is 5.34. The highest BCUT2D eigenvalue weighted by Gasteiger charge is 2.15. The highest BCUT2D eigenvalue weighted by Crippen LogP contribution is 2.03. The van der Waals surface area contributed by atoms with Gasteiger partial charge in [-0.15, -0.1) is 0 Å². The van der Waals surface area contributed by atoms with Crippen LogP contribution in [-0.4, -0.2) is 37.6 Å². The van der Waals surface area contributed by atoms with Crippen LogP contribution in [0.4, 0.5) is 0 Å². The van der Waals surface area contributed by atoms with Gasteiger partial charge in [0.2, 0.25) is 0 Å². The maximum Gasteiger partial charge on any atom is 0.0638 e. The van der Waals surface area contributed by atoms with Gasteiger partial charge in [0.1, 0.15) is 0 Å². The van der Waals surface area contributed by atoms with Crippen LogP contribution in [0.1, 0.15) is 12.8 Å². The minimum atomic E-state index is 0.419. The van der Waals surface area contributed by atoms with Gasteiger partial charge in [-0.2, -0.15) is 5.26 Å². The molecule has 1 fully saturated rings. The molecule has 3 heteroatoms. The number of likely N-dealkylation sites (N-methyl/N-ethyl adjacent to an activating group) is 1. The van der Waals surface area contributed by atoms with Crippen LogP contribution in [0.3, 0.4) is 0 Å². The molecular weight excluding hydrogens is 138 g/mol. The molecule has 1 rings (SSSR count). The molecule has 0 aliphatic carbocycles. The second kappa shape index (κ2) is 4.32. The summed E-state index contributed by atoms with van der Waals surface area (Å²) in [5.74, 6) is 0. The van der Waals surface area contributed by atoms with E-state index in [0.717, 1.165) is 19.6 Å². The maximum absolute atomic E-state index is 8.52. The summed E-state index contributed by atoms with van der Waals surface area (Å²) in [4.78, 5) is 2.27. The summed E-state index contributed by atoms with van der Waals surface area (Å²) < 4.78 is 0. The van der Waals surface area contributed by atoms with Gasteiger partial charge in [0.25, 0.3) is 0 Å². The highest BCUT2D eigenvalue weighted by atomic mass is 15.2. The van der Waals surface area contributed by atoms with Crippen molar-refractivity contribution >= 4 is 0 Å². The zero-order valence-corrected chi connectivity index (χ0v) is 7.01. The molecule has 1 aliphatic rings. The molecule has 1 heterocycles. The van der Waals surface area contributed by atoms with Crippen LogP contribution in [-0.2, 0) is 0 Å². The van der Waals surface area contributed by atoms with Gasteiger partial charge in [-0.25, -0.2) is 0 Å². The largest absolute Gasteiger partial charge is 0.315 e. The minimum Gasteiger partial charge on any atom is -0.315 e. The normalized spacial score (nSPS) is 27.5. The Balaban J connectivity index is 2.40. The second-order valence-corrected chi connectivity index (χ2v) is 3.05. The molecule has 11 heavy (non-hydrogen) atoms. The summed E-state index contributed by atoms with van der Waals surface area (Å²) in [6.07, 6.45) is 1.84. The van der Waals surface area contributed by atoms with Gasteiger partial charge in [0.05, 0.1) is 12.5 Å². The zero-order chi connectivity index (χ0) is 8.10. The van der Waals surface area contributed by atoms with Gasteiger partial charge < -0.3 is 10.2 Å². The van der Waals surface area contributed by atoms with Crippen molar-refractivity contribution in [3.63, 3.8) is 0 Å².